The standard InChI is InChI=1S/C25H35ClN2O7S2/c1-15(26)19(23-21(30)20(29)22(31)25(35-23)36-2)28-24(32)18-11-10-16(12-13-27-18)7-6-14-37(33,34)17-8-4-3-5-9-17/h3-10,15,18-23,25,27,29-31H,11-14H2,1-2H3,(H,28,32)/b7-6+/t15-,18?,19+,20?,21-,22+,23+,25?/m0/s1. The van der Waals surface area contributed by atoms with Crippen LogP contribution in [0, 0.1) is 0 Å². The Balaban J connectivity index is 1.62. The molecule has 0 saturated carbocycles. The first-order valence-corrected chi connectivity index (χ1v) is 15.5. The number of carbonyl (C=O) groups excluding carboxylic acids is 1. The normalized spacial score (nSPS) is 30.8. The van der Waals surface area contributed by atoms with Crippen molar-refractivity contribution in [3.8, 4) is 0 Å². The largest absolute Gasteiger partial charge is 0.388 e. The van der Waals surface area contributed by atoms with Gasteiger partial charge in [0.1, 0.15) is 29.9 Å². The molecule has 2 heterocycles. The van der Waals surface area contributed by atoms with Gasteiger partial charge >= 0.3 is 0 Å². The molecule has 1 saturated heterocycles. The summed E-state index contributed by atoms with van der Waals surface area (Å²) in [5.74, 6) is -0.467. The second-order valence-corrected chi connectivity index (χ2v) is 12.8. The fourth-order valence-corrected chi connectivity index (χ4v) is 6.33. The molecule has 0 radical (unpaired) electrons. The number of nitrogens with one attached hydrogen (secondary N) is 2. The molecule has 37 heavy (non-hydrogen) atoms. The van der Waals surface area contributed by atoms with E-state index < -0.39 is 57.1 Å². The number of amides is 1. The first-order valence-electron chi connectivity index (χ1n) is 12.1. The molecule has 3 unspecified atom stereocenters. The molecule has 2 aliphatic rings. The van der Waals surface area contributed by atoms with Gasteiger partial charge in [-0.15, -0.1) is 23.4 Å². The number of carbonyl (C=O) groups is 1. The number of thioether (sulfide) groups is 1. The lowest BCUT2D eigenvalue weighted by Gasteiger charge is -2.44. The molecule has 2 aliphatic heterocycles. The zero-order valence-electron chi connectivity index (χ0n) is 20.7. The van der Waals surface area contributed by atoms with Crippen LogP contribution in [0.15, 0.2) is 59.0 Å². The van der Waals surface area contributed by atoms with Crippen molar-refractivity contribution in [1.29, 1.82) is 0 Å². The zero-order valence-corrected chi connectivity index (χ0v) is 23.1. The van der Waals surface area contributed by atoms with E-state index in [1.165, 1.54) is 11.8 Å². The van der Waals surface area contributed by atoms with Crippen LogP contribution in [-0.2, 0) is 19.4 Å². The summed E-state index contributed by atoms with van der Waals surface area (Å²) in [5, 5.41) is 36.3. The molecule has 1 aromatic carbocycles. The summed E-state index contributed by atoms with van der Waals surface area (Å²) in [5.41, 5.74) is 0.136. The molecule has 0 aliphatic carbocycles. The first-order chi connectivity index (χ1) is 17.5. The van der Waals surface area contributed by atoms with E-state index >= 15 is 0 Å². The van der Waals surface area contributed by atoms with Gasteiger partial charge in [-0.25, -0.2) is 8.42 Å². The molecule has 0 bridgehead atoms. The maximum Gasteiger partial charge on any atom is 0.237 e. The summed E-state index contributed by atoms with van der Waals surface area (Å²) in [4.78, 5) is 13.4. The minimum Gasteiger partial charge on any atom is -0.388 e. The van der Waals surface area contributed by atoms with E-state index in [1.807, 2.05) is 6.08 Å². The number of benzene rings is 1. The van der Waals surface area contributed by atoms with Gasteiger partial charge in [-0.1, -0.05) is 42.0 Å². The second-order valence-electron chi connectivity index (χ2n) is 9.16. The molecule has 5 N–H and O–H groups in total. The number of aliphatic hydroxyl groups is 3. The number of hydrogen-bond acceptors (Lipinski definition) is 9. The maximum absolute atomic E-state index is 13.1. The van der Waals surface area contributed by atoms with Crippen molar-refractivity contribution in [2.75, 3.05) is 18.6 Å². The van der Waals surface area contributed by atoms with Crippen LogP contribution >= 0.6 is 23.4 Å². The Hall–Kier alpha value is -1.44. The molecular formula is C25H35ClN2O7S2. The lowest BCUT2D eigenvalue weighted by atomic mass is 9.93. The molecule has 1 fully saturated rings. The Morgan fingerprint density at radius 2 is 1.95 bits per heavy atom. The van der Waals surface area contributed by atoms with Crippen molar-refractivity contribution in [2.45, 2.75) is 72.0 Å². The predicted octanol–water partition coefficient (Wildman–Crippen LogP) is 0.978. The van der Waals surface area contributed by atoms with Crippen LogP contribution in [0.1, 0.15) is 19.8 Å². The van der Waals surface area contributed by atoms with E-state index in [0.29, 0.717) is 19.4 Å². The monoisotopic (exact) mass is 574 g/mol. The third-order valence-electron chi connectivity index (χ3n) is 6.48. The Morgan fingerprint density at radius 3 is 2.59 bits per heavy atom. The van der Waals surface area contributed by atoms with Gasteiger partial charge in [-0.3, -0.25) is 4.79 Å². The Kier molecular flexibility index (Phi) is 11.0. The van der Waals surface area contributed by atoms with E-state index in [9.17, 15) is 28.5 Å². The van der Waals surface area contributed by atoms with Gasteiger partial charge in [0.2, 0.25) is 5.91 Å². The van der Waals surface area contributed by atoms with Gasteiger partial charge in [-0.2, -0.15) is 0 Å². The minimum atomic E-state index is -3.42. The molecule has 8 atom stereocenters. The highest BCUT2D eigenvalue weighted by atomic mass is 35.5. The lowest BCUT2D eigenvalue weighted by molar-refractivity contribution is -0.205. The summed E-state index contributed by atoms with van der Waals surface area (Å²) in [6, 6.07) is 6.87. The van der Waals surface area contributed by atoms with Crippen LogP contribution in [0.3, 0.4) is 0 Å². The molecule has 1 amide bonds. The summed E-state index contributed by atoms with van der Waals surface area (Å²) in [6.07, 6.45) is 2.80. The molecule has 0 spiro atoms. The van der Waals surface area contributed by atoms with E-state index in [-0.39, 0.29) is 16.6 Å². The summed E-state index contributed by atoms with van der Waals surface area (Å²) in [6.45, 7) is 2.16. The first kappa shape index (κ1) is 30.1. The zero-order chi connectivity index (χ0) is 27.2. The van der Waals surface area contributed by atoms with Crippen molar-refractivity contribution >= 4 is 39.1 Å². The van der Waals surface area contributed by atoms with E-state index in [1.54, 1.807) is 55.7 Å². The number of ether oxygens (including phenoxy) is 1. The highest BCUT2D eigenvalue weighted by Crippen LogP contribution is 2.30. The van der Waals surface area contributed by atoms with Crippen LogP contribution in [-0.4, -0.2) is 95.5 Å². The third kappa shape index (κ3) is 7.79. The SMILES string of the molecule is CSC1O[C@H]([C@H](NC(=O)C2CC=C(/C=C/CS(=O)(=O)c3ccccc3)CCN2)[C@H](C)Cl)[C@@H](O)C(O)[C@H]1O. The number of alkyl halides is 1. The predicted molar refractivity (Wildman–Crippen MR) is 144 cm³/mol. The molecule has 9 nitrogen and oxygen atoms in total. The topological polar surface area (TPSA) is 145 Å². The summed E-state index contributed by atoms with van der Waals surface area (Å²) < 4.78 is 30.7. The number of aliphatic hydroxyl groups excluding tert-OH is 3. The quantitative estimate of drug-likeness (QED) is 0.272. The fourth-order valence-electron chi connectivity index (χ4n) is 4.34. The molecule has 0 aromatic heterocycles. The fraction of sp³-hybridized carbons (Fsp3) is 0.560. The molecular weight excluding hydrogens is 540 g/mol. The average Bonchev–Trinajstić information content (AvgIpc) is 3.12. The van der Waals surface area contributed by atoms with Gasteiger partial charge < -0.3 is 30.7 Å². The molecule has 1 aromatic rings. The third-order valence-corrected chi connectivity index (χ3v) is 9.23. The van der Waals surface area contributed by atoms with Crippen molar-refractivity contribution < 1.29 is 33.3 Å². The average molecular weight is 575 g/mol. The maximum atomic E-state index is 13.1. The smallest absolute Gasteiger partial charge is 0.237 e. The van der Waals surface area contributed by atoms with Crippen LogP contribution in [0.2, 0.25) is 0 Å². The van der Waals surface area contributed by atoms with Crippen molar-refractivity contribution in [2.24, 2.45) is 0 Å². The Morgan fingerprint density at radius 1 is 1.24 bits per heavy atom. The molecule has 206 valence electrons. The van der Waals surface area contributed by atoms with Gasteiger partial charge in [0.05, 0.1) is 28.1 Å². The van der Waals surface area contributed by atoms with Crippen molar-refractivity contribution in [3.05, 3.63) is 54.1 Å². The van der Waals surface area contributed by atoms with Crippen LogP contribution in [0.25, 0.3) is 0 Å². The van der Waals surface area contributed by atoms with E-state index in [2.05, 4.69) is 10.6 Å². The lowest BCUT2D eigenvalue weighted by Crippen LogP contribution is -2.65. The number of allylic oxidation sites excluding steroid dienone is 1. The number of rotatable bonds is 9. The van der Waals surface area contributed by atoms with Crippen LogP contribution < -0.4 is 10.6 Å². The molecule has 3 rings (SSSR count). The van der Waals surface area contributed by atoms with E-state index in [4.69, 9.17) is 16.3 Å². The van der Waals surface area contributed by atoms with Crippen molar-refractivity contribution in [3.63, 3.8) is 0 Å². The number of sulfone groups is 1. The Bertz CT molecular complexity index is 1070. The second kappa shape index (κ2) is 13.6. The number of halogens is 1. The Labute approximate surface area is 227 Å². The highest BCUT2D eigenvalue weighted by Gasteiger charge is 2.48. The van der Waals surface area contributed by atoms with Gasteiger partial charge in [0.25, 0.3) is 0 Å². The van der Waals surface area contributed by atoms with E-state index in [0.717, 1.165) is 5.57 Å². The van der Waals surface area contributed by atoms with Crippen LogP contribution in [0.5, 0.6) is 0 Å². The van der Waals surface area contributed by atoms with Crippen molar-refractivity contribution in [1.82, 2.24) is 10.6 Å². The van der Waals surface area contributed by atoms with Crippen LogP contribution in [0.4, 0.5) is 0 Å². The van der Waals surface area contributed by atoms with Gasteiger partial charge in [0.15, 0.2) is 9.84 Å². The highest BCUT2D eigenvalue weighted by molar-refractivity contribution is 7.99. The van der Waals surface area contributed by atoms with Gasteiger partial charge in [0, 0.05) is 0 Å². The number of hydrogen-bond donors (Lipinski definition) is 5. The molecule has 12 heteroatoms. The van der Waals surface area contributed by atoms with Gasteiger partial charge in [-0.05, 0) is 44.7 Å². The minimum absolute atomic E-state index is 0.123. The summed E-state index contributed by atoms with van der Waals surface area (Å²) >= 11 is 7.53. The summed E-state index contributed by atoms with van der Waals surface area (Å²) in [7, 11) is -3.42.